The maximum absolute atomic E-state index is 11.2. The van der Waals surface area contributed by atoms with Gasteiger partial charge in [-0.1, -0.05) is 12.1 Å². The van der Waals surface area contributed by atoms with E-state index in [0.29, 0.717) is 16.5 Å². The minimum atomic E-state index is -3.78. The van der Waals surface area contributed by atoms with Gasteiger partial charge in [-0.3, -0.25) is 0 Å². The van der Waals surface area contributed by atoms with Crippen molar-refractivity contribution in [2.45, 2.75) is 4.90 Å². The van der Waals surface area contributed by atoms with Crippen LogP contribution >= 0.6 is 10.7 Å². The maximum Gasteiger partial charge on any atom is 0.263 e. The number of para-hydroxylation sites is 1. The van der Waals surface area contributed by atoms with Gasteiger partial charge < -0.3 is 4.98 Å². The van der Waals surface area contributed by atoms with E-state index in [1.54, 1.807) is 18.2 Å². The first-order valence-corrected chi connectivity index (χ1v) is 6.30. The van der Waals surface area contributed by atoms with E-state index >= 15 is 0 Å². The lowest BCUT2D eigenvalue weighted by atomic mass is 10.2. The zero-order valence-corrected chi connectivity index (χ0v) is 8.93. The Kier molecular flexibility index (Phi) is 2.18. The second kappa shape index (κ2) is 3.26. The molecule has 0 bridgehead atoms. The molecule has 15 heavy (non-hydrogen) atoms. The number of fused-ring (bicyclic) bond motifs is 1. The molecule has 1 heterocycles. The standard InChI is InChI=1S/C9H5ClN2O2S/c10-15(13,14)8-5-12-9-6(4-11)2-1-3-7(8)9/h1-3,5,12H. The van der Waals surface area contributed by atoms with Crippen molar-refractivity contribution in [3.63, 3.8) is 0 Å². The van der Waals surface area contributed by atoms with Gasteiger partial charge in [-0.15, -0.1) is 0 Å². The molecule has 0 aliphatic carbocycles. The molecular formula is C9H5ClN2O2S. The Labute approximate surface area is 90.5 Å². The van der Waals surface area contributed by atoms with Crippen LogP contribution in [0.5, 0.6) is 0 Å². The van der Waals surface area contributed by atoms with Crippen LogP contribution < -0.4 is 0 Å². The Bertz CT molecular complexity index is 667. The normalized spacial score (nSPS) is 11.5. The number of nitrogens with one attached hydrogen (secondary N) is 1. The number of aromatic nitrogens is 1. The van der Waals surface area contributed by atoms with Gasteiger partial charge in [-0.25, -0.2) is 8.42 Å². The quantitative estimate of drug-likeness (QED) is 0.775. The number of aromatic amines is 1. The lowest BCUT2D eigenvalue weighted by molar-refractivity contribution is 0.610. The molecule has 0 spiro atoms. The lowest BCUT2D eigenvalue weighted by Crippen LogP contribution is -1.87. The van der Waals surface area contributed by atoms with Crippen molar-refractivity contribution in [2.75, 3.05) is 0 Å². The number of benzene rings is 1. The van der Waals surface area contributed by atoms with Gasteiger partial charge in [-0.2, -0.15) is 5.26 Å². The lowest BCUT2D eigenvalue weighted by Gasteiger charge is -1.94. The summed E-state index contributed by atoms with van der Waals surface area (Å²) in [5.74, 6) is 0. The fraction of sp³-hybridized carbons (Fsp3) is 0. The van der Waals surface area contributed by atoms with Crippen LogP contribution in [0.15, 0.2) is 29.3 Å². The van der Waals surface area contributed by atoms with Crippen LogP contribution in [0.25, 0.3) is 10.9 Å². The van der Waals surface area contributed by atoms with Gasteiger partial charge in [0.2, 0.25) is 0 Å². The zero-order chi connectivity index (χ0) is 11.1. The molecule has 2 rings (SSSR count). The summed E-state index contributed by atoms with van der Waals surface area (Å²) in [5.41, 5.74) is 0.873. The third kappa shape index (κ3) is 1.58. The Hall–Kier alpha value is -1.51. The highest BCUT2D eigenvalue weighted by Gasteiger charge is 2.16. The van der Waals surface area contributed by atoms with Crippen LogP contribution in [0.4, 0.5) is 0 Å². The molecule has 0 amide bonds. The van der Waals surface area contributed by atoms with Crippen molar-refractivity contribution in [3.05, 3.63) is 30.0 Å². The number of hydrogen-bond donors (Lipinski definition) is 1. The molecule has 0 aliphatic heterocycles. The summed E-state index contributed by atoms with van der Waals surface area (Å²) in [5, 5.41) is 9.23. The maximum atomic E-state index is 11.2. The minimum absolute atomic E-state index is 0.00346. The minimum Gasteiger partial charge on any atom is -0.359 e. The molecule has 6 heteroatoms. The molecule has 1 N–H and O–H groups in total. The van der Waals surface area contributed by atoms with Crippen molar-refractivity contribution in [3.8, 4) is 6.07 Å². The molecular weight excluding hydrogens is 236 g/mol. The van der Waals surface area contributed by atoms with Gasteiger partial charge in [0.25, 0.3) is 9.05 Å². The van der Waals surface area contributed by atoms with Crippen LogP contribution in [0.1, 0.15) is 5.56 Å². The van der Waals surface area contributed by atoms with Crippen LogP contribution in [0.2, 0.25) is 0 Å². The van der Waals surface area contributed by atoms with E-state index < -0.39 is 9.05 Å². The van der Waals surface area contributed by atoms with Gasteiger partial charge in [0.15, 0.2) is 0 Å². The average Bonchev–Trinajstić information content (AvgIpc) is 2.59. The summed E-state index contributed by atoms with van der Waals surface area (Å²) >= 11 is 0. The predicted octanol–water partition coefficient (Wildman–Crippen LogP) is 1.97. The topological polar surface area (TPSA) is 73.7 Å². The smallest absolute Gasteiger partial charge is 0.263 e. The summed E-state index contributed by atoms with van der Waals surface area (Å²) in [7, 11) is 1.46. The number of nitrogens with zero attached hydrogens (tertiary/aromatic N) is 1. The van der Waals surface area contributed by atoms with Crippen molar-refractivity contribution >= 4 is 30.6 Å². The first kappa shape index (κ1) is 10.0. The zero-order valence-electron chi connectivity index (χ0n) is 7.36. The third-order valence-electron chi connectivity index (χ3n) is 2.06. The van der Waals surface area contributed by atoms with E-state index in [0.717, 1.165) is 0 Å². The Morgan fingerprint density at radius 3 is 2.73 bits per heavy atom. The number of nitriles is 1. The predicted molar refractivity (Wildman–Crippen MR) is 56.1 cm³/mol. The molecule has 0 unspecified atom stereocenters. The monoisotopic (exact) mass is 240 g/mol. The van der Waals surface area contributed by atoms with Crippen molar-refractivity contribution in [2.24, 2.45) is 0 Å². The van der Waals surface area contributed by atoms with E-state index in [1.807, 2.05) is 6.07 Å². The largest absolute Gasteiger partial charge is 0.359 e. The van der Waals surface area contributed by atoms with Crippen LogP contribution in [0, 0.1) is 11.3 Å². The second-order valence-electron chi connectivity index (χ2n) is 2.93. The number of H-pyrrole nitrogens is 1. The first-order chi connectivity index (χ1) is 7.04. The van der Waals surface area contributed by atoms with E-state index in [2.05, 4.69) is 4.98 Å². The van der Waals surface area contributed by atoms with Crippen LogP contribution in [-0.4, -0.2) is 13.4 Å². The van der Waals surface area contributed by atoms with Gasteiger partial charge in [0.1, 0.15) is 11.0 Å². The Morgan fingerprint density at radius 1 is 1.40 bits per heavy atom. The van der Waals surface area contributed by atoms with E-state index in [9.17, 15) is 8.42 Å². The van der Waals surface area contributed by atoms with Crippen molar-refractivity contribution < 1.29 is 8.42 Å². The van der Waals surface area contributed by atoms with Crippen LogP contribution in [0.3, 0.4) is 0 Å². The molecule has 4 nitrogen and oxygen atoms in total. The summed E-state index contributed by atoms with van der Waals surface area (Å²) in [6, 6.07) is 6.78. The molecule has 76 valence electrons. The average molecular weight is 241 g/mol. The Morgan fingerprint density at radius 2 is 2.13 bits per heavy atom. The fourth-order valence-corrected chi connectivity index (χ4v) is 2.44. The van der Waals surface area contributed by atoms with Gasteiger partial charge in [-0.05, 0) is 6.07 Å². The summed E-state index contributed by atoms with van der Waals surface area (Å²) in [4.78, 5) is 2.72. The SMILES string of the molecule is N#Cc1cccc2c(S(=O)(=O)Cl)c[nH]c12. The highest BCUT2D eigenvalue weighted by molar-refractivity contribution is 8.14. The van der Waals surface area contributed by atoms with Gasteiger partial charge in [0, 0.05) is 22.3 Å². The summed E-state index contributed by atoms with van der Waals surface area (Å²) in [6.07, 6.45) is 1.29. The highest BCUT2D eigenvalue weighted by Crippen LogP contribution is 2.27. The molecule has 0 fully saturated rings. The van der Waals surface area contributed by atoms with Gasteiger partial charge in [0.05, 0.1) is 11.1 Å². The fourth-order valence-electron chi connectivity index (χ4n) is 1.42. The van der Waals surface area contributed by atoms with E-state index in [4.69, 9.17) is 15.9 Å². The first-order valence-electron chi connectivity index (χ1n) is 3.99. The molecule has 0 radical (unpaired) electrons. The highest BCUT2D eigenvalue weighted by atomic mass is 35.7. The number of rotatable bonds is 1. The van der Waals surface area contributed by atoms with Gasteiger partial charge >= 0.3 is 0 Å². The molecule has 1 aromatic carbocycles. The molecule has 1 aromatic heterocycles. The number of halogens is 1. The van der Waals surface area contributed by atoms with Crippen molar-refractivity contribution in [1.82, 2.24) is 4.98 Å². The summed E-state index contributed by atoms with van der Waals surface area (Å²) < 4.78 is 22.3. The third-order valence-corrected chi connectivity index (χ3v) is 3.42. The number of hydrogen-bond acceptors (Lipinski definition) is 3. The van der Waals surface area contributed by atoms with Crippen molar-refractivity contribution in [1.29, 1.82) is 5.26 Å². The van der Waals surface area contributed by atoms with Crippen LogP contribution in [-0.2, 0) is 9.05 Å². The molecule has 0 saturated heterocycles. The van der Waals surface area contributed by atoms with E-state index in [-0.39, 0.29) is 4.90 Å². The molecule has 2 aromatic rings. The molecule has 0 saturated carbocycles. The Balaban J connectivity index is 2.91. The molecule has 0 atom stereocenters. The second-order valence-corrected chi connectivity index (χ2v) is 5.47. The molecule has 0 aliphatic rings. The summed E-state index contributed by atoms with van der Waals surface area (Å²) in [6.45, 7) is 0. The van der Waals surface area contributed by atoms with E-state index in [1.165, 1.54) is 6.20 Å².